The molecule has 0 aromatic heterocycles. The molecule has 0 atom stereocenters. The first kappa shape index (κ1) is 25.1. The number of aryl methyl sites for hydroxylation is 2. The van der Waals surface area contributed by atoms with Gasteiger partial charge >= 0.3 is 0 Å². The quantitative estimate of drug-likeness (QED) is 0.418. The summed E-state index contributed by atoms with van der Waals surface area (Å²) < 4.78 is 38.7. The van der Waals surface area contributed by atoms with Crippen LogP contribution in [0.4, 0.5) is 5.69 Å². The Balaban J connectivity index is 1.68. The molecule has 0 aliphatic heterocycles. The summed E-state index contributed by atoms with van der Waals surface area (Å²) in [5.41, 5.74) is 2.61. The standard InChI is InChI=1S/C26H30N2O5S/c1-4-21-7-11-24(12-8-21)33-18-17-27-26(29)19-28(22-9-5-20(2)6-10-22)34(30,31)25-15-13-23(32-3)14-16-25/h5-16H,4,17-19H2,1-3H3,(H,27,29). The highest BCUT2D eigenvalue weighted by molar-refractivity contribution is 7.92. The molecule has 0 bridgehead atoms. The maximum Gasteiger partial charge on any atom is 0.264 e. The number of hydrogen-bond acceptors (Lipinski definition) is 5. The molecule has 0 radical (unpaired) electrons. The fourth-order valence-electron chi connectivity index (χ4n) is 3.27. The summed E-state index contributed by atoms with van der Waals surface area (Å²) in [6.07, 6.45) is 0.952. The lowest BCUT2D eigenvalue weighted by atomic mass is 10.2. The van der Waals surface area contributed by atoms with Gasteiger partial charge < -0.3 is 14.8 Å². The van der Waals surface area contributed by atoms with Crippen LogP contribution in [0.25, 0.3) is 0 Å². The molecule has 0 aliphatic rings. The van der Waals surface area contributed by atoms with Crippen molar-refractivity contribution in [1.29, 1.82) is 0 Å². The molecule has 0 saturated carbocycles. The lowest BCUT2D eigenvalue weighted by Gasteiger charge is -2.24. The maximum atomic E-state index is 13.4. The minimum absolute atomic E-state index is 0.0699. The van der Waals surface area contributed by atoms with Crippen LogP contribution in [0, 0.1) is 6.92 Å². The zero-order valence-corrected chi connectivity index (χ0v) is 20.5. The van der Waals surface area contributed by atoms with Crippen LogP contribution in [-0.4, -0.2) is 41.1 Å². The number of sulfonamides is 1. The summed E-state index contributed by atoms with van der Waals surface area (Å²) in [5.74, 6) is 0.834. The molecule has 1 amide bonds. The average molecular weight is 483 g/mol. The number of anilines is 1. The number of nitrogens with zero attached hydrogens (tertiary/aromatic N) is 1. The Morgan fingerprint density at radius 2 is 1.53 bits per heavy atom. The molecule has 7 nitrogen and oxygen atoms in total. The van der Waals surface area contributed by atoms with Crippen LogP contribution in [0.15, 0.2) is 77.7 Å². The van der Waals surface area contributed by atoms with Gasteiger partial charge in [-0.1, -0.05) is 36.8 Å². The van der Waals surface area contributed by atoms with E-state index in [9.17, 15) is 13.2 Å². The summed E-state index contributed by atoms with van der Waals surface area (Å²) in [6, 6.07) is 20.8. The smallest absolute Gasteiger partial charge is 0.264 e. The van der Waals surface area contributed by atoms with Crippen LogP contribution in [-0.2, 0) is 21.2 Å². The van der Waals surface area contributed by atoms with Crippen molar-refractivity contribution < 1.29 is 22.7 Å². The van der Waals surface area contributed by atoms with E-state index >= 15 is 0 Å². The van der Waals surface area contributed by atoms with Gasteiger partial charge in [-0.05, 0) is 67.4 Å². The lowest BCUT2D eigenvalue weighted by Crippen LogP contribution is -2.41. The Bertz CT molecular complexity index is 1180. The molecular formula is C26H30N2O5S. The van der Waals surface area contributed by atoms with Crippen molar-refractivity contribution in [2.24, 2.45) is 0 Å². The third-order valence-electron chi connectivity index (χ3n) is 5.28. The number of carbonyl (C=O) groups excluding carboxylic acids is 1. The van der Waals surface area contributed by atoms with E-state index in [1.54, 1.807) is 36.4 Å². The second-order valence-electron chi connectivity index (χ2n) is 7.72. The summed E-state index contributed by atoms with van der Waals surface area (Å²) in [7, 11) is -2.47. The van der Waals surface area contributed by atoms with Gasteiger partial charge in [-0.25, -0.2) is 8.42 Å². The molecule has 8 heteroatoms. The highest BCUT2D eigenvalue weighted by atomic mass is 32.2. The van der Waals surface area contributed by atoms with Gasteiger partial charge in [0.25, 0.3) is 10.0 Å². The molecule has 3 aromatic carbocycles. The number of nitrogens with one attached hydrogen (secondary N) is 1. The monoisotopic (exact) mass is 482 g/mol. The number of amides is 1. The Labute approximate surface area is 201 Å². The molecule has 0 heterocycles. The SMILES string of the molecule is CCc1ccc(OCCNC(=O)CN(c2ccc(C)cc2)S(=O)(=O)c2ccc(OC)cc2)cc1. The first-order valence-corrected chi connectivity index (χ1v) is 12.5. The third kappa shape index (κ3) is 6.51. The summed E-state index contributed by atoms with van der Waals surface area (Å²) >= 11 is 0. The maximum absolute atomic E-state index is 13.4. The minimum atomic E-state index is -3.98. The first-order chi connectivity index (χ1) is 16.3. The molecule has 3 rings (SSSR count). The third-order valence-corrected chi connectivity index (χ3v) is 7.07. The average Bonchev–Trinajstić information content (AvgIpc) is 2.86. The molecule has 0 unspecified atom stereocenters. The topological polar surface area (TPSA) is 84.9 Å². The minimum Gasteiger partial charge on any atom is -0.497 e. The van der Waals surface area contributed by atoms with Gasteiger partial charge in [-0.2, -0.15) is 0 Å². The zero-order valence-electron chi connectivity index (χ0n) is 19.7. The molecule has 0 spiro atoms. The van der Waals surface area contributed by atoms with E-state index in [0.717, 1.165) is 22.0 Å². The highest BCUT2D eigenvalue weighted by Gasteiger charge is 2.27. The largest absolute Gasteiger partial charge is 0.497 e. The molecule has 34 heavy (non-hydrogen) atoms. The van der Waals surface area contributed by atoms with Crippen LogP contribution in [0.1, 0.15) is 18.1 Å². The second-order valence-corrected chi connectivity index (χ2v) is 9.58. The second kappa shape index (κ2) is 11.6. The van der Waals surface area contributed by atoms with Crippen molar-refractivity contribution in [1.82, 2.24) is 5.32 Å². The van der Waals surface area contributed by atoms with Gasteiger partial charge in [0, 0.05) is 0 Å². The molecule has 0 aliphatic carbocycles. The van der Waals surface area contributed by atoms with Crippen molar-refractivity contribution in [2.45, 2.75) is 25.2 Å². The van der Waals surface area contributed by atoms with Gasteiger partial charge in [0.05, 0.1) is 24.2 Å². The molecule has 3 aromatic rings. The van der Waals surface area contributed by atoms with E-state index < -0.39 is 15.9 Å². The van der Waals surface area contributed by atoms with Gasteiger partial charge in [0.15, 0.2) is 0 Å². The summed E-state index contributed by atoms with van der Waals surface area (Å²) in [4.78, 5) is 12.7. The van der Waals surface area contributed by atoms with Crippen LogP contribution < -0.4 is 19.1 Å². The van der Waals surface area contributed by atoms with Gasteiger partial charge in [0.1, 0.15) is 24.7 Å². The summed E-state index contributed by atoms with van der Waals surface area (Å²) in [6.45, 7) is 4.16. The van der Waals surface area contributed by atoms with E-state index in [-0.39, 0.29) is 24.6 Å². The van der Waals surface area contributed by atoms with Crippen molar-refractivity contribution >= 4 is 21.6 Å². The molecule has 0 fully saturated rings. The van der Waals surface area contributed by atoms with Crippen molar-refractivity contribution in [3.63, 3.8) is 0 Å². The Morgan fingerprint density at radius 3 is 2.12 bits per heavy atom. The Morgan fingerprint density at radius 1 is 0.912 bits per heavy atom. The van der Waals surface area contributed by atoms with E-state index in [0.29, 0.717) is 11.4 Å². The molecule has 180 valence electrons. The van der Waals surface area contributed by atoms with E-state index in [1.165, 1.54) is 24.8 Å². The molecular weight excluding hydrogens is 452 g/mol. The van der Waals surface area contributed by atoms with Crippen LogP contribution in [0.2, 0.25) is 0 Å². The fourth-order valence-corrected chi connectivity index (χ4v) is 4.69. The lowest BCUT2D eigenvalue weighted by molar-refractivity contribution is -0.119. The highest BCUT2D eigenvalue weighted by Crippen LogP contribution is 2.25. The van der Waals surface area contributed by atoms with E-state index in [2.05, 4.69) is 12.2 Å². The molecule has 1 N–H and O–H groups in total. The Hall–Kier alpha value is -3.52. The van der Waals surface area contributed by atoms with Gasteiger partial charge in [-0.15, -0.1) is 0 Å². The van der Waals surface area contributed by atoms with Crippen molar-refractivity contribution in [3.05, 3.63) is 83.9 Å². The normalized spacial score (nSPS) is 11.0. The van der Waals surface area contributed by atoms with E-state index in [4.69, 9.17) is 9.47 Å². The number of ether oxygens (including phenoxy) is 2. The van der Waals surface area contributed by atoms with Crippen molar-refractivity contribution in [3.8, 4) is 11.5 Å². The number of benzene rings is 3. The van der Waals surface area contributed by atoms with E-state index in [1.807, 2.05) is 31.2 Å². The predicted octanol–water partition coefficient (Wildman–Crippen LogP) is 3.96. The van der Waals surface area contributed by atoms with Crippen molar-refractivity contribution in [2.75, 3.05) is 31.1 Å². The van der Waals surface area contributed by atoms with Gasteiger partial charge in [-0.3, -0.25) is 9.10 Å². The number of methoxy groups -OCH3 is 1. The Kier molecular flexibility index (Phi) is 8.54. The molecule has 0 saturated heterocycles. The first-order valence-electron chi connectivity index (χ1n) is 11.1. The number of rotatable bonds is 11. The zero-order chi connectivity index (χ0) is 24.6. The van der Waals surface area contributed by atoms with Crippen LogP contribution in [0.3, 0.4) is 0 Å². The number of carbonyl (C=O) groups is 1. The van der Waals surface area contributed by atoms with Gasteiger partial charge in [0.2, 0.25) is 5.91 Å². The number of hydrogen-bond donors (Lipinski definition) is 1. The predicted molar refractivity (Wildman–Crippen MR) is 133 cm³/mol. The van der Waals surface area contributed by atoms with Crippen LogP contribution >= 0.6 is 0 Å². The fraction of sp³-hybridized carbons (Fsp3) is 0.269. The van der Waals surface area contributed by atoms with Crippen LogP contribution in [0.5, 0.6) is 11.5 Å². The summed E-state index contributed by atoms with van der Waals surface area (Å²) in [5, 5.41) is 2.74.